The van der Waals surface area contributed by atoms with E-state index in [2.05, 4.69) is 4.72 Å². The van der Waals surface area contributed by atoms with Gasteiger partial charge < -0.3 is 9.67 Å². The fourth-order valence-electron chi connectivity index (χ4n) is 2.80. The van der Waals surface area contributed by atoms with Crippen LogP contribution < -0.4 is 4.72 Å². The number of aromatic nitrogens is 1. The smallest absolute Gasteiger partial charge is 0.240 e. The minimum absolute atomic E-state index is 0.0732. The van der Waals surface area contributed by atoms with Crippen LogP contribution in [0.15, 0.2) is 59.6 Å². The molecule has 2 aromatic carbocycles. The van der Waals surface area contributed by atoms with Crippen LogP contribution in [0.3, 0.4) is 0 Å². The van der Waals surface area contributed by atoms with Crippen molar-refractivity contribution in [1.82, 2.24) is 9.29 Å². The summed E-state index contributed by atoms with van der Waals surface area (Å²) in [5, 5.41) is 11.4. The number of aliphatic hydroxyl groups is 1. The Morgan fingerprint density at radius 2 is 1.84 bits per heavy atom. The van der Waals surface area contributed by atoms with Gasteiger partial charge in [-0.2, -0.15) is 0 Å². The highest BCUT2D eigenvalue weighted by Crippen LogP contribution is 2.21. The van der Waals surface area contributed by atoms with Crippen LogP contribution >= 0.6 is 0 Å². The number of aryl methyl sites for hydroxylation is 2. The summed E-state index contributed by atoms with van der Waals surface area (Å²) in [6.07, 6.45) is 1.90. The summed E-state index contributed by atoms with van der Waals surface area (Å²) in [6.45, 7) is 1.94. The van der Waals surface area contributed by atoms with E-state index in [1.807, 2.05) is 49.0 Å². The topological polar surface area (TPSA) is 71.3 Å². The summed E-state index contributed by atoms with van der Waals surface area (Å²) in [5.74, 6) is 0. The monoisotopic (exact) mass is 358 g/mol. The number of rotatable bonds is 6. The minimum atomic E-state index is -3.64. The molecule has 3 aromatic rings. The second-order valence-corrected chi connectivity index (χ2v) is 7.88. The van der Waals surface area contributed by atoms with Crippen molar-refractivity contribution < 1.29 is 13.5 Å². The molecule has 1 atom stereocenters. The molecule has 3 rings (SSSR count). The number of fused-ring (bicyclic) bond motifs is 1. The van der Waals surface area contributed by atoms with Crippen molar-refractivity contribution in [2.75, 3.05) is 6.54 Å². The molecule has 0 radical (unpaired) electrons. The number of hydrogen-bond acceptors (Lipinski definition) is 3. The van der Waals surface area contributed by atoms with Gasteiger partial charge in [0.25, 0.3) is 0 Å². The van der Waals surface area contributed by atoms with Crippen molar-refractivity contribution in [2.24, 2.45) is 7.05 Å². The quantitative estimate of drug-likeness (QED) is 0.712. The second kappa shape index (κ2) is 7.00. The fraction of sp³-hybridized carbons (Fsp3) is 0.263. The highest BCUT2D eigenvalue weighted by molar-refractivity contribution is 7.89. The average molecular weight is 358 g/mol. The number of sulfonamides is 1. The van der Waals surface area contributed by atoms with Gasteiger partial charge in [0.05, 0.1) is 11.0 Å². The van der Waals surface area contributed by atoms with Crippen LogP contribution in [-0.4, -0.2) is 24.6 Å². The highest BCUT2D eigenvalue weighted by atomic mass is 32.2. The highest BCUT2D eigenvalue weighted by Gasteiger charge is 2.17. The molecule has 0 aliphatic carbocycles. The lowest BCUT2D eigenvalue weighted by Gasteiger charge is -2.13. The predicted molar refractivity (Wildman–Crippen MR) is 98.9 cm³/mol. The second-order valence-electron chi connectivity index (χ2n) is 6.11. The van der Waals surface area contributed by atoms with Gasteiger partial charge in [-0.1, -0.05) is 25.1 Å². The molecule has 0 aliphatic heterocycles. The Labute approximate surface area is 148 Å². The summed E-state index contributed by atoms with van der Waals surface area (Å²) >= 11 is 0. The first kappa shape index (κ1) is 17.7. The summed E-state index contributed by atoms with van der Waals surface area (Å²) in [6, 6.07) is 14.4. The Morgan fingerprint density at radius 1 is 1.12 bits per heavy atom. The molecular weight excluding hydrogens is 336 g/mol. The maximum absolute atomic E-state index is 12.4. The third-order valence-corrected chi connectivity index (χ3v) is 5.84. The summed E-state index contributed by atoms with van der Waals surface area (Å²) in [7, 11) is -1.69. The Kier molecular flexibility index (Phi) is 4.94. The normalized spacial score (nSPS) is 13.2. The van der Waals surface area contributed by atoms with E-state index in [0.29, 0.717) is 5.56 Å². The Balaban J connectivity index is 1.72. The third-order valence-electron chi connectivity index (χ3n) is 4.40. The van der Waals surface area contributed by atoms with Crippen LogP contribution in [-0.2, 0) is 23.5 Å². The molecule has 0 aliphatic rings. The summed E-state index contributed by atoms with van der Waals surface area (Å²) in [4.78, 5) is 0.204. The molecule has 0 saturated heterocycles. The molecule has 0 spiro atoms. The summed E-state index contributed by atoms with van der Waals surface area (Å²) < 4.78 is 29.2. The van der Waals surface area contributed by atoms with E-state index in [1.54, 1.807) is 24.3 Å². The molecule has 6 heteroatoms. The SMILES string of the molecule is CCc1ccc(S(=O)(=O)NCC(O)c2ccc3c(ccn3C)c2)cc1. The maximum atomic E-state index is 12.4. The molecule has 132 valence electrons. The standard InChI is InChI=1S/C19H22N2O3S/c1-3-14-4-7-17(8-5-14)25(23,24)20-13-19(22)16-6-9-18-15(12-16)10-11-21(18)2/h4-12,19-20,22H,3,13H2,1-2H3. The van der Waals surface area contributed by atoms with Gasteiger partial charge in [-0.25, -0.2) is 13.1 Å². The fourth-order valence-corrected chi connectivity index (χ4v) is 3.84. The van der Waals surface area contributed by atoms with Gasteiger partial charge in [-0.3, -0.25) is 0 Å². The van der Waals surface area contributed by atoms with Crippen molar-refractivity contribution >= 4 is 20.9 Å². The van der Waals surface area contributed by atoms with Crippen LogP contribution in [0.2, 0.25) is 0 Å². The first-order chi connectivity index (χ1) is 11.9. The molecule has 0 amide bonds. The lowest BCUT2D eigenvalue weighted by Crippen LogP contribution is -2.28. The van der Waals surface area contributed by atoms with Gasteiger partial charge in [-0.05, 0) is 53.3 Å². The molecule has 0 saturated carbocycles. The average Bonchev–Trinajstić information content (AvgIpc) is 3.00. The Hall–Kier alpha value is -2.15. The lowest BCUT2D eigenvalue weighted by atomic mass is 10.1. The molecule has 2 N–H and O–H groups in total. The molecular formula is C19H22N2O3S. The summed E-state index contributed by atoms with van der Waals surface area (Å²) in [5.41, 5.74) is 2.82. The molecule has 0 bridgehead atoms. The largest absolute Gasteiger partial charge is 0.387 e. The zero-order chi connectivity index (χ0) is 18.0. The molecule has 25 heavy (non-hydrogen) atoms. The maximum Gasteiger partial charge on any atom is 0.240 e. The van der Waals surface area contributed by atoms with Crippen molar-refractivity contribution in [3.05, 3.63) is 65.9 Å². The van der Waals surface area contributed by atoms with Crippen LogP contribution in [0.25, 0.3) is 10.9 Å². The number of nitrogens with zero attached hydrogens (tertiary/aromatic N) is 1. The predicted octanol–water partition coefficient (Wildman–Crippen LogP) is 2.75. The van der Waals surface area contributed by atoms with Crippen molar-refractivity contribution in [3.63, 3.8) is 0 Å². The van der Waals surface area contributed by atoms with Crippen molar-refractivity contribution in [2.45, 2.75) is 24.3 Å². The van der Waals surface area contributed by atoms with E-state index >= 15 is 0 Å². The van der Waals surface area contributed by atoms with Crippen LogP contribution in [0, 0.1) is 0 Å². The third kappa shape index (κ3) is 3.76. The van der Waals surface area contributed by atoms with Gasteiger partial charge in [0.15, 0.2) is 0 Å². The first-order valence-electron chi connectivity index (χ1n) is 8.22. The zero-order valence-electron chi connectivity index (χ0n) is 14.3. The van der Waals surface area contributed by atoms with Crippen molar-refractivity contribution in [1.29, 1.82) is 0 Å². The molecule has 1 aromatic heterocycles. The zero-order valence-corrected chi connectivity index (χ0v) is 15.1. The number of benzene rings is 2. The van der Waals surface area contributed by atoms with E-state index in [0.717, 1.165) is 22.9 Å². The molecule has 1 heterocycles. The van der Waals surface area contributed by atoms with Crippen molar-refractivity contribution in [3.8, 4) is 0 Å². The van der Waals surface area contributed by atoms with E-state index in [-0.39, 0.29) is 11.4 Å². The molecule has 5 nitrogen and oxygen atoms in total. The van der Waals surface area contributed by atoms with E-state index < -0.39 is 16.1 Å². The Morgan fingerprint density at radius 3 is 2.52 bits per heavy atom. The molecule has 0 fully saturated rings. The minimum Gasteiger partial charge on any atom is -0.387 e. The van der Waals surface area contributed by atoms with Gasteiger partial charge in [0.1, 0.15) is 0 Å². The van der Waals surface area contributed by atoms with E-state index in [1.165, 1.54) is 0 Å². The molecule has 1 unspecified atom stereocenters. The van der Waals surface area contributed by atoms with Crippen LogP contribution in [0.1, 0.15) is 24.2 Å². The van der Waals surface area contributed by atoms with Gasteiger partial charge >= 0.3 is 0 Å². The Bertz CT molecular complexity index is 976. The number of aliphatic hydroxyl groups excluding tert-OH is 1. The van der Waals surface area contributed by atoms with E-state index in [4.69, 9.17) is 0 Å². The van der Waals surface area contributed by atoms with Crippen LogP contribution in [0.4, 0.5) is 0 Å². The van der Waals surface area contributed by atoms with Gasteiger partial charge in [-0.15, -0.1) is 0 Å². The van der Waals surface area contributed by atoms with E-state index in [9.17, 15) is 13.5 Å². The number of hydrogen-bond donors (Lipinski definition) is 2. The lowest BCUT2D eigenvalue weighted by molar-refractivity contribution is 0.182. The first-order valence-corrected chi connectivity index (χ1v) is 9.70. The number of nitrogens with one attached hydrogen (secondary N) is 1. The van der Waals surface area contributed by atoms with Gasteiger partial charge in [0, 0.05) is 25.3 Å². The van der Waals surface area contributed by atoms with Crippen LogP contribution in [0.5, 0.6) is 0 Å². The van der Waals surface area contributed by atoms with Gasteiger partial charge in [0.2, 0.25) is 10.0 Å².